The van der Waals surface area contributed by atoms with Gasteiger partial charge in [0.1, 0.15) is 5.75 Å². The number of aromatic nitrogens is 2. The molecule has 0 aliphatic rings. The third kappa shape index (κ3) is 5.12. The number of hydrogen-bond donors (Lipinski definition) is 3. The highest BCUT2D eigenvalue weighted by molar-refractivity contribution is 5.78. The van der Waals surface area contributed by atoms with Gasteiger partial charge in [-0.2, -0.15) is 5.10 Å². The Balaban J connectivity index is 2.13. The minimum Gasteiger partial charge on any atom is -0.508 e. The van der Waals surface area contributed by atoms with Gasteiger partial charge in [0, 0.05) is 19.2 Å². The Bertz CT molecular complexity index is 719. The Labute approximate surface area is 141 Å². The van der Waals surface area contributed by atoms with Gasteiger partial charge in [-0.15, -0.1) is 0 Å². The van der Waals surface area contributed by atoms with Crippen LogP contribution < -0.4 is 15.9 Å². The van der Waals surface area contributed by atoms with Crippen LogP contribution in [0, 0.1) is 0 Å². The normalized spacial score (nSPS) is 10.9. The first-order valence-corrected chi connectivity index (χ1v) is 8.06. The number of phenolic OH excluding ortho intramolecular Hbond substituents is 1. The Morgan fingerprint density at radius 3 is 2.54 bits per heavy atom. The predicted octanol–water partition coefficient (Wildman–Crippen LogP) is 2.55. The molecule has 0 atom stereocenters. The third-order valence-electron chi connectivity index (χ3n) is 3.29. The number of nitrogens with one attached hydrogen (secondary N) is 2. The molecule has 7 heteroatoms. The molecule has 0 aliphatic heterocycles. The van der Waals surface area contributed by atoms with Gasteiger partial charge in [0.2, 0.25) is 5.95 Å². The zero-order valence-electron chi connectivity index (χ0n) is 14.0. The summed E-state index contributed by atoms with van der Waals surface area (Å²) in [6.07, 6.45) is 3.45. The first-order chi connectivity index (χ1) is 11.6. The van der Waals surface area contributed by atoms with E-state index in [-0.39, 0.29) is 11.3 Å². The van der Waals surface area contributed by atoms with Crippen molar-refractivity contribution in [3.63, 3.8) is 0 Å². The van der Waals surface area contributed by atoms with Crippen molar-refractivity contribution in [2.24, 2.45) is 5.10 Å². The van der Waals surface area contributed by atoms with Crippen molar-refractivity contribution in [3.8, 4) is 5.75 Å². The highest BCUT2D eigenvalue weighted by Gasteiger charge is 2.08. The molecular formula is C17H23N5O2. The van der Waals surface area contributed by atoms with Gasteiger partial charge in [0.15, 0.2) is 0 Å². The largest absolute Gasteiger partial charge is 0.508 e. The van der Waals surface area contributed by atoms with Crippen LogP contribution in [0.15, 0.2) is 40.2 Å². The van der Waals surface area contributed by atoms with E-state index >= 15 is 0 Å². The number of anilines is 2. The molecule has 0 saturated heterocycles. The molecule has 0 fully saturated rings. The summed E-state index contributed by atoms with van der Waals surface area (Å²) in [6, 6.07) is 7.94. The topological polar surface area (TPSA) is 93.6 Å². The molecule has 0 radical (unpaired) electrons. The second-order valence-electron chi connectivity index (χ2n) is 5.40. The minimum atomic E-state index is -0.205. The summed E-state index contributed by atoms with van der Waals surface area (Å²) in [6.45, 7) is 5.85. The zero-order chi connectivity index (χ0) is 17.4. The van der Waals surface area contributed by atoms with Gasteiger partial charge in [-0.05, 0) is 37.1 Å². The van der Waals surface area contributed by atoms with E-state index in [0.717, 1.165) is 31.6 Å². The second kappa shape index (κ2) is 8.71. The number of aromatic amines is 1. The van der Waals surface area contributed by atoms with Crippen molar-refractivity contribution in [2.45, 2.75) is 26.7 Å². The molecule has 0 amide bonds. The molecule has 1 aromatic carbocycles. The summed E-state index contributed by atoms with van der Waals surface area (Å²) < 4.78 is 0. The maximum atomic E-state index is 11.9. The fourth-order valence-corrected chi connectivity index (χ4v) is 2.25. The van der Waals surface area contributed by atoms with Crippen LogP contribution in [-0.4, -0.2) is 34.4 Å². The van der Waals surface area contributed by atoms with Gasteiger partial charge >= 0.3 is 0 Å². The average molecular weight is 329 g/mol. The summed E-state index contributed by atoms with van der Waals surface area (Å²) in [5, 5.41) is 13.3. The van der Waals surface area contributed by atoms with E-state index in [2.05, 4.69) is 39.2 Å². The summed E-state index contributed by atoms with van der Waals surface area (Å²) in [5.41, 5.74) is 3.84. The van der Waals surface area contributed by atoms with Crippen LogP contribution in [0.5, 0.6) is 5.75 Å². The SMILES string of the molecule is CCCN(CCC)c1nc(/C=N/Nc2ccc(O)cc2)cc(=O)[nH]1. The highest BCUT2D eigenvalue weighted by atomic mass is 16.3. The number of hydrazone groups is 1. The highest BCUT2D eigenvalue weighted by Crippen LogP contribution is 2.13. The quantitative estimate of drug-likeness (QED) is 0.393. The predicted molar refractivity (Wildman–Crippen MR) is 97.0 cm³/mol. The molecule has 0 saturated carbocycles. The standard InChI is InChI=1S/C17H23N5O2/c1-3-9-22(10-4-2)17-19-14(11-16(24)20-17)12-18-21-13-5-7-15(23)8-6-13/h5-8,11-12,21,23H,3-4,9-10H2,1-2H3,(H,19,20,24)/b18-12+. The van der Waals surface area contributed by atoms with Crippen LogP contribution in [0.25, 0.3) is 0 Å². The van der Waals surface area contributed by atoms with Gasteiger partial charge in [-0.3, -0.25) is 15.2 Å². The van der Waals surface area contributed by atoms with Crippen molar-refractivity contribution in [1.29, 1.82) is 0 Å². The van der Waals surface area contributed by atoms with Gasteiger partial charge < -0.3 is 10.0 Å². The second-order valence-corrected chi connectivity index (χ2v) is 5.40. The van der Waals surface area contributed by atoms with E-state index in [1.807, 2.05) is 0 Å². The summed E-state index contributed by atoms with van der Waals surface area (Å²) in [5.74, 6) is 0.759. The zero-order valence-corrected chi connectivity index (χ0v) is 14.0. The number of benzene rings is 1. The van der Waals surface area contributed by atoms with Crippen molar-refractivity contribution in [2.75, 3.05) is 23.4 Å². The fraction of sp³-hybridized carbons (Fsp3) is 0.353. The van der Waals surface area contributed by atoms with E-state index in [9.17, 15) is 9.90 Å². The molecule has 1 heterocycles. The average Bonchev–Trinajstić information content (AvgIpc) is 2.56. The molecule has 2 aromatic rings. The fourth-order valence-electron chi connectivity index (χ4n) is 2.25. The van der Waals surface area contributed by atoms with Gasteiger partial charge in [-0.25, -0.2) is 4.98 Å². The number of aromatic hydroxyl groups is 1. The van der Waals surface area contributed by atoms with Crippen molar-refractivity contribution in [3.05, 3.63) is 46.4 Å². The molecule has 0 aliphatic carbocycles. The molecular weight excluding hydrogens is 306 g/mol. The Kier molecular flexibility index (Phi) is 6.36. The Morgan fingerprint density at radius 1 is 1.25 bits per heavy atom. The lowest BCUT2D eigenvalue weighted by Crippen LogP contribution is -2.29. The third-order valence-corrected chi connectivity index (χ3v) is 3.29. The molecule has 3 N–H and O–H groups in total. The van der Waals surface area contributed by atoms with Crippen LogP contribution in [-0.2, 0) is 0 Å². The molecule has 1 aromatic heterocycles. The van der Waals surface area contributed by atoms with Crippen molar-refractivity contribution >= 4 is 17.9 Å². The lowest BCUT2D eigenvalue weighted by atomic mass is 10.3. The van der Waals surface area contributed by atoms with Crippen LogP contribution in [0.1, 0.15) is 32.4 Å². The first-order valence-electron chi connectivity index (χ1n) is 8.06. The van der Waals surface area contributed by atoms with Gasteiger partial charge in [0.25, 0.3) is 5.56 Å². The smallest absolute Gasteiger partial charge is 0.252 e. The number of nitrogens with zero attached hydrogens (tertiary/aromatic N) is 3. The van der Waals surface area contributed by atoms with Crippen molar-refractivity contribution < 1.29 is 5.11 Å². The van der Waals surface area contributed by atoms with E-state index in [1.54, 1.807) is 24.3 Å². The maximum Gasteiger partial charge on any atom is 0.252 e. The molecule has 0 spiro atoms. The monoisotopic (exact) mass is 329 g/mol. The van der Waals surface area contributed by atoms with Crippen molar-refractivity contribution in [1.82, 2.24) is 9.97 Å². The summed E-state index contributed by atoms with van der Waals surface area (Å²) >= 11 is 0. The molecule has 128 valence electrons. The summed E-state index contributed by atoms with van der Waals surface area (Å²) in [4.78, 5) is 21.2. The van der Waals surface area contributed by atoms with Crippen LogP contribution >= 0.6 is 0 Å². The van der Waals surface area contributed by atoms with E-state index in [4.69, 9.17) is 0 Å². The number of hydrogen-bond acceptors (Lipinski definition) is 6. The molecule has 0 unspecified atom stereocenters. The van der Waals surface area contributed by atoms with Crippen LogP contribution in [0.2, 0.25) is 0 Å². The Hall–Kier alpha value is -2.83. The van der Waals surface area contributed by atoms with E-state index in [1.165, 1.54) is 12.3 Å². The van der Waals surface area contributed by atoms with E-state index in [0.29, 0.717) is 11.6 Å². The van der Waals surface area contributed by atoms with Gasteiger partial charge in [-0.1, -0.05) is 13.8 Å². The number of H-pyrrole nitrogens is 1. The lowest BCUT2D eigenvalue weighted by molar-refractivity contribution is 0.475. The minimum absolute atomic E-state index is 0.192. The molecule has 2 rings (SSSR count). The first kappa shape index (κ1) is 17.5. The number of phenols is 1. The molecule has 7 nitrogen and oxygen atoms in total. The lowest BCUT2D eigenvalue weighted by Gasteiger charge is -2.21. The van der Waals surface area contributed by atoms with Gasteiger partial charge in [0.05, 0.1) is 17.6 Å². The molecule has 0 bridgehead atoms. The Morgan fingerprint density at radius 2 is 1.92 bits per heavy atom. The number of rotatable bonds is 8. The van der Waals surface area contributed by atoms with Crippen LogP contribution in [0.3, 0.4) is 0 Å². The molecule has 24 heavy (non-hydrogen) atoms. The van der Waals surface area contributed by atoms with E-state index < -0.39 is 0 Å². The van der Waals surface area contributed by atoms with Crippen LogP contribution in [0.4, 0.5) is 11.6 Å². The maximum absolute atomic E-state index is 11.9. The summed E-state index contributed by atoms with van der Waals surface area (Å²) in [7, 11) is 0.